The normalized spacial score (nSPS) is 19.1. The number of likely N-dealkylation sites (tertiary alicyclic amines) is 1. The zero-order chi connectivity index (χ0) is 21.0. The number of methoxy groups -OCH3 is 1. The van der Waals surface area contributed by atoms with Crippen LogP contribution in [0, 0.1) is 5.82 Å². The second-order valence-corrected chi connectivity index (χ2v) is 7.48. The van der Waals surface area contributed by atoms with Crippen LogP contribution in [0.4, 0.5) is 4.39 Å². The number of halogens is 2. The Kier molecular flexibility index (Phi) is 6.71. The van der Waals surface area contributed by atoms with Crippen molar-refractivity contribution in [3.63, 3.8) is 0 Å². The Hall–Kier alpha value is -2.64. The smallest absolute Gasteiger partial charge is 0.323 e. The lowest BCUT2D eigenvalue weighted by atomic mass is 10.1. The third-order valence-corrected chi connectivity index (χ3v) is 5.17. The second-order valence-electron chi connectivity index (χ2n) is 7.04. The van der Waals surface area contributed by atoms with Gasteiger partial charge in [-0.05, 0) is 42.3 Å². The number of amides is 1. The van der Waals surface area contributed by atoms with E-state index in [4.69, 9.17) is 16.3 Å². The highest BCUT2D eigenvalue weighted by atomic mass is 35.5. The summed E-state index contributed by atoms with van der Waals surface area (Å²) in [5.74, 6) is -0.882. The van der Waals surface area contributed by atoms with Crippen LogP contribution in [0.1, 0.15) is 17.5 Å². The first-order chi connectivity index (χ1) is 13.9. The van der Waals surface area contributed by atoms with E-state index >= 15 is 0 Å². The van der Waals surface area contributed by atoms with E-state index in [2.05, 4.69) is 5.32 Å². The fraction of sp³-hybridized carbons (Fsp3) is 0.333. The number of phenolic OH excluding ortho intramolecular Hbond substituents is 1. The number of ether oxygens (including phenoxy) is 1. The molecule has 0 bridgehead atoms. The highest BCUT2D eigenvalue weighted by Crippen LogP contribution is 2.27. The summed E-state index contributed by atoms with van der Waals surface area (Å²) >= 11 is 6.01. The van der Waals surface area contributed by atoms with Crippen molar-refractivity contribution in [3.05, 3.63) is 64.4 Å². The molecule has 2 N–H and O–H groups in total. The van der Waals surface area contributed by atoms with Crippen molar-refractivity contribution in [2.24, 2.45) is 0 Å². The number of phenols is 1. The minimum absolute atomic E-state index is 0.0850. The van der Waals surface area contributed by atoms with E-state index in [-0.39, 0.29) is 36.5 Å². The lowest BCUT2D eigenvalue weighted by molar-refractivity contribution is -0.146. The molecule has 154 valence electrons. The molecule has 0 saturated carbocycles. The summed E-state index contributed by atoms with van der Waals surface area (Å²) in [4.78, 5) is 26.4. The van der Waals surface area contributed by atoms with E-state index in [0.717, 1.165) is 0 Å². The molecule has 1 amide bonds. The highest BCUT2D eigenvalue weighted by molar-refractivity contribution is 6.30. The summed E-state index contributed by atoms with van der Waals surface area (Å²) in [6.07, 6.45) is 0.512. The highest BCUT2D eigenvalue weighted by Gasteiger charge is 2.38. The Bertz CT molecular complexity index is 891. The van der Waals surface area contributed by atoms with E-state index in [1.54, 1.807) is 24.3 Å². The Morgan fingerprint density at radius 2 is 2.00 bits per heavy atom. The van der Waals surface area contributed by atoms with Crippen molar-refractivity contribution in [2.75, 3.05) is 13.7 Å². The molecule has 0 unspecified atom stereocenters. The average Bonchev–Trinajstić information content (AvgIpc) is 3.08. The monoisotopic (exact) mass is 420 g/mol. The predicted molar refractivity (Wildman–Crippen MR) is 106 cm³/mol. The van der Waals surface area contributed by atoms with Gasteiger partial charge in [0.15, 0.2) is 0 Å². The molecule has 0 spiro atoms. The van der Waals surface area contributed by atoms with Gasteiger partial charge in [-0.3, -0.25) is 14.5 Å². The van der Waals surface area contributed by atoms with Crippen molar-refractivity contribution in [2.45, 2.75) is 31.5 Å². The van der Waals surface area contributed by atoms with Gasteiger partial charge in [-0.1, -0.05) is 23.7 Å². The van der Waals surface area contributed by atoms with Crippen molar-refractivity contribution in [3.8, 4) is 5.75 Å². The largest absolute Gasteiger partial charge is 0.508 e. The van der Waals surface area contributed by atoms with Crippen LogP contribution in [-0.4, -0.2) is 47.6 Å². The van der Waals surface area contributed by atoms with Crippen LogP contribution >= 0.6 is 11.6 Å². The molecule has 0 aliphatic carbocycles. The zero-order valence-electron chi connectivity index (χ0n) is 15.9. The summed E-state index contributed by atoms with van der Waals surface area (Å²) in [5, 5.41) is 13.5. The molecule has 1 aliphatic heterocycles. The fourth-order valence-corrected chi connectivity index (χ4v) is 3.72. The van der Waals surface area contributed by atoms with Crippen molar-refractivity contribution >= 4 is 23.5 Å². The van der Waals surface area contributed by atoms with Crippen LogP contribution in [0.5, 0.6) is 5.75 Å². The minimum Gasteiger partial charge on any atom is -0.508 e. The molecule has 8 heteroatoms. The quantitative estimate of drug-likeness (QED) is 0.702. The number of nitrogens with one attached hydrogen (secondary N) is 1. The zero-order valence-corrected chi connectivity index (χ0v) is 16.7. The molecule has 2 atom stereocenters. The Morgan fingerprint density at radius 1 is 1.28 bits per heavy atom. The number of carbonyl (C=O) groups is 2. The summed E-state index contributed by atoms with van der Waals surface area (Å²) in [6, 6.07) is 9.68. The van der Waals surface area contributed by atoms with Crippen LogP contribution in [0.15, 0.2) is 42.5 Å². The molecule has 2 aromatic rings. The Balaban J connectivity index is 1.66. The van der Waals surface area contributed by atoms with Crippen molar-refractivity contribution in [1.82, 2.24) is 10.2 Å². The SMILES string of the molecule is COC(=O)[C@@H]1C[C@@H](NC(=O)Cc2ccc(F)cc2)CN1Cc1cc(Cl)ccc1O. The van der Waals surface area contributed by atoms with Gasteiger partial charge in [0, 0.05) is 29.7 Å². The standard InChI is InChI=1S/C21H22ClFN2O4/c1-29-21(28)18-10-17(24-20(27)8-13-2-5-16(23)6-3-13)12-25(18)11-14-9-15(22)4-7-19(14)26/h2-7,9,17-18,26H,8,10-12H2,1H3,(H,24,27)/t17-,18+/m1/s1. The number of hydrogen-bond acceptors (Lipinski definition) is 5. The number of rotatable bonds is 6. The maximum absolute atomic E-state index is 13.0. The van der Waals surface area contributed by atoms with Crippen LogP contribution in [0.2, 0.25) is 5.02 Å². The molecule has 1 fully saturated rings. The van der Waals surface area contributed by atoms with Gasteiger partial charge in [-0.15, -0.1) is 0 Å². The van der Waals surface area contributed by atoms with Gasteiger partial charge in [-0.25, -0.2) is 4.39 Å². The topological polar surface area (TPSA) is 78.9 Å². The van der Waals surface area contributed by atoms with Gasteiger partial charge < -0.3 is 15.2 Å². The van der Waals surface area contributed by atoms with E-state index in [9.17, 15) is 19.1 Å². The molecule has 3 rings (SSSR count). The maximum Gasteiger partial charge on any atom is 0.323 e. The fourth-order valence-electron chi connectivity index (χ4n) is 3.53. The first kappa shape index (κ1) is 21.1. The molecule has 29 heavy (non-hydrogen) atoms. The Morgan fingerprint density at radius 3 is 2.69 bits per heavy atom. The van der Waals surface area contributed by atoms with Crippen LogP contribution in [0.3, 0.4) is 0 Å². The number of benzene rings is 2. The van der Waals surface area contributed by atoms with Gasteiger partial charge in [0.25, 0.3) is 0 Å². The molecule has 0 aromatic heterocycles. The van der Waals surface area contributed by atoms with Gasteiger partial charge >= 0.3 is 5.97 Å². The average molecular weight is 421 g/mol. The number of aromatic hydroxyl groups is 1. The number of nitrogens with zero attached hydrogens (tertiary/aromatic N) is 1. The lowest BCUT2D eigenvalue weighted by Gasteiger charge is -2.22. The predicted octanol–water partition coefficient (Wildman–Crippen LogP) is 2.66. The maximum atomic E-state index is 13.0. The number of carbonyl (C=O) groups excluding carboxylic acids is 2. The molecular weight excluding hydrogens is 399 g/mol. The van der Waals surface area contributed by atoms with E-state index < -0.39 is 12.0 Å². The van der Waals surface area contributed by atoms with Gasteiger partial charge in [0.1, 0.15) is 17.6 Å². The summed E-state index contributed by atoms with van der Waals surface area (Å²) in [7, 11) is 1.32. The number of hydrogen-bond donors (Lipinski definition) is 2. The van der Waals surface area contributed by atoms with Crippen LogP contribution in [0.25, 0.3) is 0 Å². The molecular formula is C21H22ClFN2O4. The van der Waals surface area contributed by atoms with Gasteiger partial charge in [0.05, 0.1) is 13.5 Å². The van der Waals surface area contributed by atoms with Crippen LogP contribution < -0.4 is 5.32 Å². The molecule has 1 heterocycles. The summed E-state index contributed by atoms with van der Waals surface area (Å²) in [5.41, 5.74) is 1.29. The summed E-state index contributed by atoms with van der Waals surface area (Å²) in [6.45, 7) is 0.706. The molecule has 1 saturated heterocycles. The van der Waals surface area contributed by atoms with Crippen LogP contribution in [-0.2, 0) is 27.3 Å². The second kappa shape index (κ2) is 9.24. The third-order valence-electron chi connectivity index (χ3n) is 4.93. The molecule has 6 nitrogen and oxygen atoms in total. The van der Waals surface area contributed by atoms with Gasteiger partial charge in [-0.2, -0.15) is 0 Å². The first-order valence-electron chi connectivity index (χ1n) is 9.19. The third kappa shape index (κ3) is 5.46. The summed E-state index contributed by atoms with van der Waals surface area (Å²) < 4.78 is 17.9. The van der Waals surface area contributed by atoms with Crippen molar-refractivity contribution < 1.29 is 23.8 Å². The lowest BCUT2D eigenvalue weighted by Crippen LogP contribution is -2.38. The Labute approximate surface area is 173 Å². The minimum atomic E-state index is -0.547. The molecule has 0 radical (unpaired) electrons. The molecule has 1 aliphatic rings. The van der Waals surface area contributed by atoms with Crippen molar-refractivity contribution in [1.29, 1.82) is 0 Å². The van der Waals surface area contributed by atoms with E-state index in [1.807, 2.05) is 4.90 Å². The van der Waals surface area contributed by atoms with E-state index in [1.165, 1.54) is 25.3 Å². The molecule has 2 aromatic carbocycles. The van der Waals surface area contributed by atoms with Gasteiger partial charge in [0.2, 0.25) is 5.91 Å². The first-order valence-corrected chi connectivity index (χ1v) is 9.56. The van der Waals surface area contributed by atoms with E-state index in [0.29, 0.717) is 29.1 Å². The number of esters is 1.